The van der Waals surface area contributed by atoms with Gasteiger partial charge in [-0.1, -0.05) is 0 Å². The lowest BCUT2D eigenvalue weighted by Gasteiger charge is -2.18. The molecule has 3 aromatic rings. The van der Waals surface area contributed by atoms with Gasteiger partial charge in [-0.2, -0.15) is 0 Å². The Kier molecular flexibility index (Phi) is 3.97. The second kappa shape index (κ2) is 6.07. The van der Waals surface area contributed by atoms with Gasteiger partial charge in [-0.15, -0.1) is 11.3 Å². The molecule has 0 aromatic carbocycles. The first-order valence-corrected chi connectivity index (χ1v) is 7.54. The van der Waals surface area contributed by atoms with Gasteiger partial charge in [0, 0.05) is 54.9 Å². The Morgan fingerprint density at radius 1 is 1.32 bits per heavy atom. The van der Waals surface area contributed by atoms with Crippen molar-refractivity contribution in [1.29, 1.82) is 0 Å². The second-order valence-corrected chi connectivity index (χ2v) is 5.91. The predicted octanol–water partition coefficient (Wildman–Crippen LogP) is 2.46. The summed E-state index contributed by atoms with van der Waals surface area (Å²) >= 11 is 1.26. The van der Waals surface area contributed by atoms with E-state index in [9.17, 15) is 4.79 Å². The normalized spacial score (nSPS) is 10.8. The van der Waals surface area contributed by atoms with Crippen molar-refractivity contribution >= 4 is 33.2 Å². The maximum Gasteiger partial charge on any atom is 0.345 e. The molecule has 0 aliphatic rings. The summed E-state index contributed by atoms with van der Waals surface area (Å²) in [5.41, 5.74) is 0.915. The molecule has 112 valence electrons. The van der Waals surface area contributed by atoms with Crippen LogP contribution < -0.4 is 4.90 Å². The maximum atomic E-state index is 11.1. The minimum Gasteiger partial charge on any atom is -0.477 e. The van der Waals surface area contributed by atoms with Crippen LogP contribution in [0.25, 0.3) is 10.1 Å². The highest BCUT2D eigenvalue weighted by atomic mass is 32.1. The first-order chi connectivity index (χ1) is 10.6. The van der Waals surface area contributed by atoms with E-state index in [1.54, 1.807) is 30.9 Å². The summed E-state index contributed by atoms with van der Waals surface area (Å²) in [6.45, 7) is 0.725. The molecule has 0 saturated heterocycles. The zero-order valence-corrected chi connectivity index (χ0v) is 12.7. The fourth-order valence-corrected chi connectivity index (χ4v) is 3.10. The van der Waals surface area contributed by atoms with Crippen LogP contribution in [0.15, 0.2) is 36.9 Å². The van der Waals surface area contributed by atoms with Crippen LogP contribution >= 0.6 is 11.3 Å². The van der Waals surface area contributed by atoms with Gasteiger partial charge >= 0.3 is 5.97 Å². The minimum absolute atomic E-state index is 0.326. The molecular formula is C15H14N4O2S. The minimum atomic E-state index is -0.908. The van der Waals surface area contributed by atoms with Crippen LogP contribution in [0, 0.1) is 0 Å². The number of aromatic carboxylic acids is 1. The topological polar surface area (TPSA) is 79.2 Å². The number of carbonyl (C=O) groups is 1. The number of hydrogen-bond donors (Lipinski definition) is 1. The average molecular weight is 314 g/mol. The van der Waals surface area contributed by atoms with Crippen LogP contribution in [0.5, 0.6) is 0 Å². The number of pyridine rings is 1. The largest absolute Gasteiger partial charge is 0.477 e. The first-order valence-electron chi connectivity index (χ1n) is 6.73. The Balaban J connectivity index is 1.84. The van der Waals surface area contributed by atoms with E-state index in [1.807, 2.05) is 18.0 Å². The van der Waals surface area contributed by atoms with Crippen LogP contribution in [0.4, 0.5) is 5.82 Å². The molecule has 0 amide bonds. The van der Waals surface area contributed by atoms with E-state index in [0.29, 0.717) is 4.88 Å². The molecule has 0 saturated carbocycles. The number of aromatic nitrogens is 3. The summed E-state index contributed by atoms with van der Waals surface area (Å²) < 4.78 is 0.925. The molecule has 0 bridgehead atoms. The molecule has 0 aliphatic heterocycles. The Labute approximate surface area is 131 Å². The molecule has 0 unspecified atom stereocenters. The highest BCUT2D eigenvalue weighted by Crippen LogP contribution is 2.31. The molecule has 0 spiro atoms. The summed E-state index contributed by atoms with van der Waals surface area (Å²) in [6, 6.07) is 3.52. The number of carboxylic acid groups (broad SMARTS) is 1. The smallest absolute Gasteiger partial charge is 0.345 e. The molecule has 0 fully saturated rings. The van der Waals surface area contributed by atoms with E-state index in [2.05, 4.69) is 15.0 Å². The monoisotopic (exact) mass is 314 g/mol. The van der Waals surface area contributed by atoms with Crippen molar-refractivity contribution in [1.82, 2.24) is 15.0 Å². The number of rotatable bonds is 5. The average Bonchev–Trinajstić information content (AvgIpc) is 2.98. The van der Waals surface area contributed by atoms with Crippen LogP contribution in [-0.2, 0) is 6.42 Å². The standard InChI is InChI=1S/C15H14N4O2S/c1-19(7-3-10-9-16-5-6-17-10)14-11-8-13(15(20)21)22-12(11)2-4-18-14/h2,4-6,8-9H,3,7H2,1H3,(H,20,21). The van der Waals surface area contributed by atoms with E-state index in [1.165, 1.54) is 11.3 Å². The fourth-order valence-electron chi connectivity index (χ4n) is 2.21. The Morgan fingerprint density at radius 2 is 2.18 bits per heavy atom. The lowest BCUT2D eigenvalue weighted by Crippen LogP contribution is -2.21. The SMILES string of the molecule is CN(CCc1cnccn1)c1nccc2sc(C(=O)O)cc12. The van der Waals surface area contributed by atoms with E-state index in [4.69, 9.17) is 5.11 Å². The van der Waals surface area contributed by atoms with Crippen molar-refractivity contribution in [2.75, 3.05) is 18.5 Å². The lowest BCUT2D eigenvalue weighted by atomic mass is 10.2. The predicted molar refractivity (Wildman–Crippen MR) is 85.6 cm³/mol. The number of nitrogens with zero attached hydrogens (tertiary/aromatic N) is 4. The molecule has 3 heterocycles. The van der Waals surface area contributed by atoms with E-state index >= 15 is 0 Å². The van der Waals surface area contributed by atoms with E-state index < -0.39 is 5.97 Å². The molecule has 0 atom stereocenters. The number of anilines is 1. The number of fused-ring (bicyclic) bond motifs is 1. The zero-order valence-electron chi connectivity index (χ0n) is 11.9. The van der Waals surface area contributed by atoms with Gasteiger partial charge in [0.25, 0.3) is 0 Å². The van der Waals surface area contributed by atoms with Crippen molar-refractivity contribution in [2.45, 2.75) is 6.42 Å². The number of carboxylic acids is 1. The van der Waals surface area contributed by atoms with Crippen molar-refractivity contribution in [3.63, 3.8) is 0 Å². The summed E-state index contributed by atoms with van der Waals surface area (Å²) in [5.74, 6) is -0.125. The van der Waals surface area contributed by atoms with Crippen molar-refractivity contribution in [2.24, 2.45) is 0 Å². The van der Waals surface area contributed by atoms with Crippen LogP contribution in [0.3, 0.4) is 0 Å². The third-order valence-electron chi connectivity index (χ3n) is 3.32. The second-order valence-electron chi connectivity index (χ2n) is 4.83. The third kappa shape index (κ3) is 2.89. The summed E-state index contributed by atoms with van der Waals surface area (Å²) in [5, 5.41) is 10.00. The summed E-state index contributed by atoms with van der Waals surface area (Å²) in [4.78, 5) is 26.2. The summed E-state index contributed by atoms with van der Waals surface area (Å²) in [7, 11) is 1.94. The molecule has 6 nitrogen and oxygen atoms in total. The quantitative estimate of drug-likeness (QED) is 0.779. The molecule has 0 radical (unpaired) electrons. The van der Waals surface area contributed by atoms with Gasteiger partial charge in [-0.05, 0) is 12.1 Å². The molecule has 0 aliphatic carbocycles. The fraction of sp³-hybridized carbons (Fsp3) is 0.200. The van der Waals surface area contributed by atoms with Gasteiger partial charge in [0.15, 0.2) is 0 Å². The lowest BCUT2D eigenvalue weighted by molar-refractivity contribution is 0.0702. The van der Waals surface area contributed by atoms with Gasteiger partial charge < -0.3 is 10.0 Å². The van der Waals surface area contributed by atoms with Gasteiger partial charge in [0.05, 0.1) is 5.69 Å². The molecule has 22 heavy (non-hydrogen) atoms. The van der Waals surface area contributed by atoms with E-state index in [-0.39, 0.29) is 0 Å². The van der Waals surface area contributed by atoms with Gasteiger partial charge in [0.1, 0.15) is 10.7 Å². The van der Waals surface area contributed by atoms with E-state index in [0.717, 1.165) is 34.6 Å². The van der Waals surface area contributed by atoms with Crippen molar-refractivity contribution < 1.29 is 9.90 Å². The Hall–Kier alpha value is -2.54. The van der Waals surface area contributed by atoms with Crippen molar-refractivity contribution in [3.05, 3.63) is 47.5 Å². The number of thiophene rings is 1. The van der Waals surface area contributed by atoms with Crippen LogP contribution in [-0.4, -0.2) is 39.6 Å². The van der Waals surface area contributed by atoms with Gasteiger partial charge in [0.2, 0.25) is 0 Å². The van der Waals surface area contributed by atoms with Crippen molar-refractivity contribution in [3.8, 4) is 0 Å². The Bertz CT molecular complexity index is 804. The molecule has 3 aromatic heterocycles. The maximum absolute atomic E-state index is 11.1. The van der Waals surface area contributed by atoms with Crippen LogP contribution in [0.1, 0.15) is 15.4 Å². The third-order valence-corrected chi connectivity index (χ3v) is 4.41. The number of hydrogen-bond acceptors (Lipinski definition) is 6. The highest BCUT2D eigenvalue weighted by Gasteiger charge is 2.14. The zero-order chi connectivity index (χ0) is 15.5. The molecular weight excluding hydrogens is 300 g/mol. The molecule has 3 rings (SSSR count). The Morgan fingerprint density at radius 3 is 2.91 bits per heavy atom. The van der Waals surface area contributed by atoms with Crippen LogP contribution in [0.2, 0.25) is 0 Å². The molecule has 1 N–H and O–H groups in total. The summed E-state index contributed by atoms with van der Waals surface area (Å²) in [6.07, 6.45) is 7.52. The van der Waals surface area contributed by atoms with Gasteiger partial charge in [-0.25, -0.2) is 9.78 Å². The van der Waals surface area contributed by atoms with Gasteiger partial charge in [-0.3, -0.25) is 9.97 Å². The molecule has 7 heteroatoms. The first kappa shape index (κ1) is 14.4. The highest BCUT2D eigenvalue weighted by molar-refractivity contribution is 7.20. The number of likely N-dealkylation sites (N-methyl/N-ethyl adjacent to an activating group) is 1.